The van der Waals surface area contributed by atoms with Crippen LogP contribution >= 0.6 is 0 Å². The fraction of sp³-hybridized carbons (Fsp3) is 1.00. The minimum atomic E-state index is 0. The van der Waals surface area contributed by atoms with Gasteiger partial charge in [0.2, 0.25) is 0 Å². The summed E-state index contributed by atoms with van der Waals surface area (Å²) in [7, 11) is 0. The van der Waals surface area contributed by atoms with Crippen molar-refractivity contribution in [3.05, 3.63) is 0 Å². The standard InChI is InChI=1S/C11H24S.Na/c1-4-5-6-7-8-9-10-11(2,3)12;/h12H,4-10H2,1-3H3;/q;+1/p-1. The molecule has 0 aliphatic carbocycles. The smallest absolute Gasteiger partial charge is 0.786 e. The maximum atomic E-state index is 5.29. The Morgan fingerprint density at radius 2 is 1.38 bits per heavy atom. The van der Waals surface area contributed by atoms with Crippen molar-refractivity contribution in [2.75, 3.05) is 0 Å². The van der Waals surface area contributed by atoms with Crippen molar-refractivity contribution in [3.63, 3.8) is 0 Å². The van der Waals surface area contributed by atoms with Gasteiger partial charge in [-0.05, 0) is 0 Å². The van der Waals surface area contributed by atoms with Crippen LogP contribution in [0.15, 0.2) is 0 Å². The van der Waals surface area contributed by atoms with E-state index in [-0.39, 0.29) is 34.3 Å². The van der Waals surface area contributed by atoms with Crippen molar-refractivity contribution in [3.8, 4) is 0 Å². The molecule has 0 saturated heterocycles. The van der Waals surface area contributed by atoms with Gasteiger partial charge in [-0.15, -0.1) is 0 Å². The van der Waals surface area contributed by atoms with E-state index in [0.29, 0.717) is 0 Å². The monoisotopic (exact) mass is 210 g/mol. The molecule has 0 amide bonds. The minimum absolute atomic E-state index is 0. The molecule has 0 rings (SSSR count). The maximum absolute atomic E-state index is 5.29. The maximum Gasteiger partial charge on any atom is 1.00 e. The predicted molar refractivity (Wildman–Crippen MR) is 59.4 cm³/mol. The second-order valence-corrected chi connectivity index (χ2v) is 5.38. The molecule has 2 heteroatoms. The topological polar surface area (TPSA) is 0 Å². The van der Waals surface area contributed by atoms with E-state index in [2.05, 4.69) is 20.8 Å². The molecule has 0 fully saturated rings. The van der Waals surface area contributed by atoms with Crippen LogP contribution in [0.3, 0.4) is 0 Å². The van der Waals surface area contributed by atoms with Crippen LogP contribution in [-0.2, 0) is 12.6 Å². The number of unbranched alkanes of at least 4 members (excludes halogenated alkanes) is 5. The normalized spacial score (nSPS) is 11.1. The van der Waals surface area contributed by atoms with Crippen molar-refractivity contribution >= 4 is 12.6 Å². The third kappa shape index (κ3) is 16.1. The second-order valence-electron chi connectivity index (χ2n) is 4.28. The van der Waals surface area contributed by atoms with Crippen LogP contribution in [0.25, 0.3) is 0 Å². The fourth-order valence-electron chi connectivity index (χ4n) is 1.33. The van der Waals surface area contributed by atoms with Crippen molar-refractivity contribution in [2.24, 2.45) is 0 Å². The van der Waals surface area contributed by atoms with Crippen molar-refractivity contribution in [1.29, 1.82) is 0 Å². The van der Waals surface area contributed by atoms with Crippen LogP contribution < -0.4 is 29.6 Å². The van der Waals surface area contributed by atoms with E-state index >= 15 is 0 Å². The molecule has 0 heterocycles. The van der Waals surface area contributed by atoms with E-state index in [1.807, 2.05) is 0 Å². The van der Waals surface area contributed by atoms with Crippen molar-refractivity contribution in [1.82, 2.24) is 0 Å². The molecule has 0 atom stereocenters. The van der Waals surface area contributed by atoms with Crippen LogP contribution in [0.1, 0.15) is 65.7 Å². The van der Waals surface area contributed by atoms with E-state index in [1.165, 1.54) is 44.9 Å². The molecule has 0 unspecified atom stereocenters. The van der Waals surface area contributed by atoms with Gasteiger partial charge < -0.3 is 12.6 Å². The largest absolute Gasteiger partial charge is 1.00 e. The Bertz CT molecular complexity index is 96.8. The Labute approximate surface area is 112 Å². The van der Waals surface area contributed by atoms with Gasteiger partial charge in [0.25, 0.3) is 0 Å². The van der Waals surface area contributed by atoms with Gasteiger partial charge in [-0.25, -0.2) is 0 Å². The molecular formula is C11H23NaS. The molecule has 0 spiro atoms. The Balaban J connectivity index is 0. The fourth-order valence-corrected chi connectivity index (χ4v) is 1.48. The van der Waals surface area contributed by atoms with Crippen LogP contribution in [0, 0.1) is 0 Å². The zero-order chi connectivity index (χ0) is 9.45. The van der Waals surface area contributed by atoms with E-state index < -0.39 is 0 Å². The van der Waals surface area contributed by atoms with Crippen LogP contribution in [0.2, 0.25) is 0 Å². The average Bonchev–Trinajstić information content (AvgIpc) is 1.94. The molecule has 0 N–H and O–H groups in total. The molecule has 74 valence electrons. The first-order valence-electron chi connectivity index (χ1n) is 5.26. The van der Waals surface area contributed by atoms with Gasteiger partial charge in [0.05, 0.1) is 0 Å². The van der Waals surface area contributed by atoms with Crippen molar-refractivity contribution < 1.29 is 29.6 Å². The van der Waals surface area contributed by atoms with Gasteiger partial charge >= 0.3 is 29.6 Å². The molecule has 0 nitrogen and oxygen atoms in total. The Morgan fingerprint density at radius 3 is 1.85 bits per heavy atom. The van der Waals surface area contributed by atoms with E-state index in [1.54, 1.807) is 0 Å². The van der Waals surface area contributed by atoms with Gasteiger partial charge in [0, 0.05) is 0 Å². The first-order valence-corrected chi connectivity index (χ1v) is 5.67. The van der Waals surface area contributed by atoms with Crippen molar-refractivity contribution in [2.45, 2.75) is 70.5 Å². The summed E-state index contributed by atoms with van der Waals surface area (Å²) in [6.07, 6.45) is 9.45. The Hall–Kier alpha value is 1.35. The Morgan fingerprint density at radius 1 is 0.923 bits per heavy atom. The van der Waals surface area contributed by atoms with Crippen LogP contribution in [-0.4, -0.2) is 4.75 Å². The Kier molecular flexibility index (Phi) is 12.8. The zero-order valence-electron chi connectivity index (χ0n) is 9.86. The van der Waals surface area contributed by atoms with Crippen LogP contribution in [0.5, 0.6) is 0 Å². The number of hydrogen-bond donors (Lipinski definition) is 0. The van der Waals surface area contributed by atoms with E-state index in [9.17, 15) is 0 Å². The van der Waals surface area contributed by atoms with Gasteiger partial charge in [-0.3, -0.25) is 0 Å². The molecule has 0 aromatic heterocycles. The minimum Gasteiger partial charge on any atom is -0.786 e. The van der Waals surface area contributed by atoms with E-state index in [4.69, 9.17) is 12.6 Å². The molecule has 0 aliphatic rings. The number of hydrogen-bond acceptors (Lipinski definition) is 1. The zero-order valence-corrected chi connectivity index (χ0v) is 12.7. The third-order valence-corrected chi connectivity index (χ3v) is 2.34. The molecule has 0 bridgehead atoms. The third-order valence-electron chi connectivity index (χ3n) is 2.13. The summed E-state index contributed by atoms with van der Waals surface area (Å²) in [4.78, 5) is 0. The molecule has 13 heavy (non-hydrogen) atoms. The average molecular weight is 210 g/mol. The first-order chi connectivity index (χ1) is 5.56. The molecule has 0 radical (unpaired) electrons. The second kappa shape index (κ2) is 9.89. The summed E-state index contributed by atoms with van der Waals surface area (Å²) in [6.45, 7) is 6.55. The molecule has 0 aromatic carbocycles. The first kappa shape index (κ1) is 16.8. The summed E-state index contributed by atoms with van der Waals surface area (Å²) in [5, 5.41) is 0. The van der Waals surface area contributed by atoms with Gasteiger partial charge in [0.15, 0.2) is 0 Å². The summed E-state index contributed by atoms with van der Waals surface area (Å²) in [5.41, 5.74) is 0. The van der Waals surface area contributed by atoms with Crippen LogP contribution in [0.4, 0.5) is 0 Å². The van der Waals surface area contributed by atoms with E-state index in [0.717, 1.165) is 0 Å². The quantitative estimate of drug-likeness (QED) is 0.344. The predicted octanol–water partition coefficient (Wildman–Crippen LogP) is 1.07. The van der Waals surface area contributed by atoms with Gasteiger partial charge in [-0.1, -0.05) is 65.7 Å². The summed E-state index contributed by atoms with van der Waals surface area (Å²) >= 11 is 5.29. The molecule has 0 aliphatic heterocycles. The summed E-state index contributed by atoms with van der Waals surface area (Å²) in [6, 6.07) is 0. The van der Waals surface area contributed by atoms with Gasteiger partial charge in [-0.2, -0.15) is 4.75 Å². The molecular weight excluding hydrogens is 187 g/mol. The molecule has 0 saturated carbocycles. The summed E-state index contributed by atoms with van der Waals surface area (Å²) in [5.74, 6) is 0. The number of rotatable bonds is 7. The van der Waals surface area contributed by atoms with Gasteiger partial charge in [0.1, 0.15) is 0 Å². The molecule has 0 aromatic rings. The SMILES string of the molecule is CCCCCCCCC(C)(C)[S-].[Na+]. The summed E-state index contributed by atoms with van der Waals surface area (Å²) < 4.78 is 0.130.